The molecular weight excluding hydrogens is 225 g/mol. The molecule has 1 N–H and O–H groups in total. The molecule has 1 saturated carbocycles. The number of benzene rings is 1. The van der Waals surface area contributed by atoms with Gasteiger partial charge in [0.15, 0.2) is 0 Å². The number of halogens is 1. The molecule has 0 aromatic heterocycles. The molecule has 0 heterocycles. The fourth-order valence-corrected chi connectivity index (χ4v) is 2.88. The Bertz CT molecular complexity index is 396. The van der Waals surface area contributed by atoms with E-state index in [1.54, 1.807) is 12.1 Å². The van der Waals surface area contributed by atoms with Crippen molar-refractivity contribution in [2.45, 2.75) is 46.0 Å². The molecule has 1 nitrogen and oxygen atoms in total. The highest BCUT2D eigenvalue weighted by Crippen LogP contribution is 2.43. The lowest BCUT2D eigenvalue weighted by atomic mass is 9.65. The van der Waals surface area contributed by atoms with Crippen LogP contribution in [0.1, 0.15) is 43.7 Å². The van der Waals surface area contributed by atoms with Crippen LogP contribution in [0.5, 0.6) is 0 Å². The molecule has 0 spiro atoms. The highest BCUT2D eigenvalue weighted by Gasteiger charge is 2.36. The quantitative estimate of drug-likeness (QED) is 0.755. The Labute approximate surface area is 110 Å². The minimum absolute atomic E-state index is 0.122. The highest BCUT2D eigenvalue weighted by molar-refractivity contribution is 5.28. The zero-order valence-corrected chi connectivity index (χ0v) is 11.6. The van der Waals surface area contributed by atoms with Crippen LogP contribution in [-0.4, -0.2) is 13.1 Å². The van der Waals surface area contributed by atoms with Gasteiger partial charge in [-0.05, 0) is 67.8 Å². The Hall–Kier alpha value is -0.890. The van der Waals surface area contributed by atoms with Crippen molar-refractivity contribution in [1.82, 2.24) is 5.32 Å². The molecule has 0 radical (unpaired) electrons. The van der Waals surface area contributed by atoms with Crippen molar-refractivity contribution in [3.05, 3.63) is 35.1 Å². The van der Waals surface area contributed by atoms with Gasteiger partial charge in [0.2, 0.25) is 0 Å². The molecule has 1 aliphatic carbocycles. The largest absolute Gasteiger partial charge is 0.316 e. The van der Waals surface area contributed by atoms with E-state index in [4.69, 9.17) is 0 Å². The topological polar surface area (TPSA) is 12.0 Å². The van der Waals surface area contributed by atoms with E-state index in [0.717, 1.165) is 25.1 Å². The van der Waals surface area contributed by atoms with E-state index < -0.39 is 0 Å². The average molecular weight is 249 g/mol. The Morgan fingerprint density at radius 2 is 2.11 bits per heavy atom. The summed E-state index contributed by atoms with van der Waals surface area (Å²) in [5.41, 5.74) is 2.84. The standard InChI is InChI=1S/C16H24FN/c1-3-9-18-12-16(7-4-8-16)11-14-5-6-15(17)10-13(14)2/h5-6,10,18H,3-4,7-9,11-12H2,1-2H3. The molecular formula is C16H24FN. The Morgan fingerprint density at radius 1 is 1.33 bits per heavy atom. The molecule has 1 fully saturated rings. The van der Waals surface area contributed by atoms with Crippen molar-refractivity contribution in [3.8, 4) is 0 Å². The SMILES string of the molecule is CCCNCC1(Cc2ccc(F)cc2C)CCC1. The van der Waals surface area contributed by atoms with Gasteiger partial charge in [-0.15, -0.1) is 0 Å². The van der Waals surface area contributed by atoms with Gasteiger partial charge in [-0.2, -0.15) is 0 Å². The van der Waals surface area contributed by atoms with Gasteiger partial charge in [0.25, 0.3) is 0 Å². The zero-order chi connectivity index (χ0) is 13.0. The molecule has 1 aromatic rings. The zero-order valence-electron chi connectivity index (χ0n) is 11.6. The smallest absolute Gasteiger partial charge is 0.123 e. The van der Waals surface area contributed by atoms with Crippen LogP contribution in [0, 0.1) is 18.2 Å². The summed E-state index contributed by atoms with van der Waals surface area (Å²) in [5, 5.41) is 3.55. The lowest BCUT2D eigenvalue weighted by Crippen LogP contribution is -2.42. The van der Waals surface area contributed by atoms with Gasteiger partial charge in [-0.3, -0.25) is 0 Å². The molecule has 0 bridgehead atoms. The van der Waals surface area contributed by atoms with Crippen LogP contribution in [0.2, 0.25) is 0 Å². The molecule has 0 saturated heterocycles. The van der Waals surface area contributed by atoms with Crippen molar-refractivity contribution < 1.29 is 4.39 Å². The molecule has 1 aromatic carbocycles. The number of rotatable bonds is 6. The van der Waals surface area contributed by atoms with Gasteiger partial charge in [0.05, 0.1) is 0 Å². The molecule has 0 unspecified atom stereocenters. The second kappa shape index (κ2) is 5.83. The highest BCUT2D eigenvalue weighted by atomic mass is 19.1. The minimum atomic E-state index is -0.122. The van der Waals surface area contributed by atoms with E-state index in [-0.39, 0.29) is 5.82 Å². The van der Waals surface area contributed by atoms with E-state index in [1.165, 1.54) is 31.2 Å². The first-order valence-corrected chi connectivity index (χ1v) is 7.11. The monoisotopic (exact) mass is 249 g/mol. The van der Waals surface area contributed by atoms with Crippen molar-refractivity contribution in [1.29, 1.82) is 0 Å². The minimum Gasteiger partial charge on any atom is -0.316 e. The lowest BCUT2D eigenvalue weighted by Gasteiger charge is -2.43. The average Bonchev–Trinajstić information content (AvgIpc) is 2.29. The molecule has 2 heteroatoms. The van der Waals surface area contributed by atoms with Crippen LogP contribution in [0.3, 0.4) is 0 Å². The van der Waals surface area contributed by atoms with Gasteiger partial charge in [0, 0.05) is 6.54 Å². The number of hydrogen-bond acceptors (Lipinski definition) is 1. The van der Waals surface area contributed by atoms with Gasteiger partial charge < -0.3 is 5.32 Å². The molecule has 0 atom stereocenters. The number of nitrogens with one attached hydrogen (secondary N) is 1. The van der Waals surface area contributed by atoms with E-state index in [0.29, 0.717) is 5.41 Å². The predicted octanol–water partition coefficient (Wildman–Crippen LogP) is 3.85. The second-order valence-electron chi connectivity index (χ2n) is 5.78. The number of hydrogen-bond donors (Lipinski definition) is 1. The molecule has 0 amide bonds. The fourth-order valence-electron chi connectivity index (χ4n) is 2.88. The maximum atomic E-state index is 13.1. The summed E-state index contributed by atoms with van der Waals surface area (Å²) in [5.74, 6) is -0.122. The van der Waals surface area contributed by atoms with Gasteiger partial charge in [-0.25, -0.2) is 4.39 Å². The van der Waals surface area contributed by atoms with E-state index >= 15 is 0 Å². The van der Waals surface area contributed by atoms with Crippen molar-refractivity contribution in [3.63, 3.8) is 0 Å². The third kappa shape index (κ3) is 3.11. The Morgan fingerprint density at radius 3 is 2.67 bits per heavy atom. The van der Waals surface area contributed by atoms with Crippen LogP contribution in [0.15, 0.2) is 18.2 Å². The Kier molecular flexibility index (Phi) is 4.39. The number of aryl methyl sites for hydroxylation is 1. The van der Waals surface area contributed by atoms with Gasteiger partial charge in [-0.1, -0.05) is 19.4 Å². The van der Waals surface area contributed by atoms with Gasteiger partial charge >= 0.3 is 0 Å². The molecule has 0 aliphatic heterocycles. The normalized spacial score (nSPS) is 17.5. The fraction of sp³-hybridized carbons (Fsp3) is 0.625. The first kappa shape index (κ1) is 13.5. The van der Waals surface area contributed by atoms with Crippen molar-refractivity contribution in [2.24, 2.45) is 5.41 Å². The summed E-state index contributed by atoms with van der Waals surface area (Å²) in [6, 6.07) is 5.21. The van der Waals surface area contributed by atoms with E-state index in [1.807, 2.05) is 13.0 Å². The van der Waals surface area contributed by atoms with Crippen LogP contribution >= 0.6 is 0 Å². The first-order chi connectivity index (χ1) is 8.65. The predicted molar refractivity (Wildman–Crippen MR) is 74.3 cm³/mol. The molecule has 18 heavy (non-hydrogen) atoms. The summed E-state index contributed by atoms with van der Waals surface area (Å²) < 4.78 is 13.1. The van der Waals surface area contributed by atoms with Crippen molar-refractivity contribution in [2.75, 3.05) is 13.1 Å². The molecule has 2 rings (SSSR count). The lowest BCUT2D eigenvalue weighted by molar-refractivity contribution is 0.130. The summed E-state index contributed by atoms with van der Waals surface area (Å²) in [6.45, 7) is 6.43. The van der Waals surface area contributed by atoms with Crippen molar-refractivity contribution >= 4 is 0 Å². The Balaban J connectivity index is 2.01. The maximum Gasteiger partial charge on any atom is 0.123 e. The van der Waals surface area contributed by atoms with E-state index in [9.17, 15) is 4.39 Å². The second-order valence-corrected chi connectivity index (χ2v) is 5.78. The summed E-state index contributed by atoms with van der Waals surface area (Å²) in [6.07, 6.45) is 6.23. The third-order valence-electron chi connectivity index (χ3n) is 4.21. The van der Waals surface area contributed by atoms with Crippen LogP contribution in [0.25, 0.3) is 0 Å². The third-order valence-corrected chi connectivity index (χ3v) is 4.21. The summed E-state index contributed by atoms with van der Waals surface area (Å²) in [7, 11) is 0. The van der Waals surface area contributed by atoms with Crippen LogP contribution in [0.4, 0.5) is 4.39 Å². The maximum absolute atomic E-state index is 13.1. The van der Waals surface area contributed by atoms with Gasteiger partial charge in [0.1, 0.15) is 5.82 Å². The van der Waals surface area contributed by atoms with Crippen LogP contribution in [-0.2, 0) is 6.42 Å². The van der Waals surface area contributed by atoms with E-state index in [2.05, 4.69) is 12.2 Å². The molecule has 100 valence electrons. The molecule has 1 aliphatic rings. The summed E-state index contributed by atoms with van der Waals surface area (Å²) in [4.78, 5) is 0. The first-order valence-electron chi connectivity index (χ1n) is 7.11. The van der Waals surface area contributed by atoms with Crippen LogP contribution < -0.4 is 5.32 Å². The summed E-state index contributed by atoms with van der Waals surface area (Å²) >= 11 is 0.